The number of anilines is 1. The van der Waals surface area contributed by atoms with Gasteiger partial charge < -0.3 is 4.90 Å². The normalized spacial score (nSPS) is 16.9. The zero-order valence-corrected chi connectivity index (χ0v) is 12.8. The van der Waals surface area contributed by atoms with Crippen LogP contribution < -0.4 is 4.90 Å². The number of rotatable bonds is 3. The van der Waals surface area contributed by atoms with Crippen molar-refractivity contribution in [3.05, 3.63) is 32.8 Å². The molecule has 0 saturated carbocycles. The second-order valence-electron chi connectivity index (χ2n) is 5.01. The van der Waals surface area contributed by atoms with Crippen molar-refractivity contribution in [3.8, 4) is 0 Å². The molecule has 0 spiro atoms. The van der Waals surface area contributed by atoms with Crippen LogP contribution in [0.5, 0.6) is 0 Å². The van der Waals surface area contributed by atoms with Gasteiger partial charge in [-0.25, -0.2) is 0 Å². The third kappa shape index (κ3) is 3.25. The number of nitrogens with zero attached hydrogens (tertiary/aromatic N) is 3. The maximum atomic E-state index is 10.7. The Balaban J connectivity index is 2.09. The van der Waals surface area contributed by atoms with Gasteiger partial charge in [0, 0.05) is 48.8 Å². The molecule has 0 radical (unpaired) electrons. The van der Waals surface area contributed by atoms with Gasteiger partial charge in [0.15, 0.2) is 0 Å². The highest BCUT2D eigenvalue weighted by Crippen LogP contribution is 2.30. The second kappa shape index (κ2) is 5.88. The van der Waals surface area contributed by atoms with Crippen LogP contribution in [0.2, 0.25) is 0 Å². The van der Waals surface area contributed by atoms with E-state index in [1.54, 1.807) is 12.1 Å². The van der Waals surface area contributed by atoms with E-state index in [9.17, 15) is 10.1 Å². The number of nitro benzene ring substituents is 1. The molecule has 0 aliphatic carbocycles. The largest absolute Gasteiger partial charge is 0.368 e. The van der Waals surface area contributed by atoms with Crippen molar-refractivity contribution in [2.24, 2.45) is 0 Å². The number of non-ortho nitro benzene ring substituents is 1. The molecule has 1 fully saturated rings. The first-order chi connectivity index (χ1) is 8.99. The third-order valence-electron chi connectivity index (χ3n) is 3.53. The monoisotopic (exact) mass is 327 g/mol. The van der Waals surface area contributed by atoms with Gasteiger partial charge in [0.25, 0.3) is 5.69 Å². The molecule has 1 saturated heterocycles. The van der Waals surface area contributed by atoms with Crippen LogP contribution in [0, 0.1) is 10.1 Å². The van der Waals surface area contributed by atoms with E-state index in [2.05, 4.69) is 39.6 Å². The fraction of sp³-hybridized carbons (Fsp3) is 0.538. The molecule has 104 valence electrons. The first-order valence-corrected chi connectivity index (χ1v) is 7.21. The average molecular weight is 328 g/mol. The fourth-order valence-electron chi connectivity index (χ4n) is 2.35. The lowest BCUT2D eigenvalue weighted by atomic mass is 10.2. The number of halogens is 1. The smallest absolute Gasteiger partial charge is 0.270 e. The van der Waals surface area contributed by atoms with Gasteiger partial charge in [0.2, 0.25) is 0 Å². The summed E-state index contributed by atoms with van der Waals surface area (Å²) in [6.07, 6.45) is 0. The molecule has 0 atom stereocenters. The van der Waals surface area contributed by atoms with E-state index in [0.717, 1.165) is 36.3 Å². The molecule has 1 heterocycles. The first kappa shape index (κ1) is 14.3. The van der Waals surface area contributed by atoms with E-state index in [-0.39, 0.29) is 10.6 Å². The van der Waals surface area contributed by atoms with Crippen molar-refractivity contribution in [3.63, 3.8) is 0 Å². The molecule has 19 heavy (non-hydrogen) atoms. The summed E-state index contributed by atoms with van der Waals surface area (Å²) < 4.78 is 0.791. The van der Waals surface area contributed by atoms with Crippen molar-refractivity contribution < 1.29 is 4.92 Å². The molecule has 1 aliphatic rings. The van der Waals surface area contributed by atoms with E-state index >= 15 is 0 Å². The molecule has 6 heteroatoms. The molecule has 0 unspecified atom stereocenters. The lowest BCUT2D eigenvalue weighted by molar-refractivity contribution is -0.384. The van der Waals surface area contributed by atoms with Gasteiger partial charge in [-0.15, -0.1) is 0 Å². The van der Waals surface area contributed by atoms with E-state index in [1.807, 2.05) is 6.07 Å². The Bertz CT molecular complexity index is 471. The van der Waals surface area contributed by atoms with Crippen LogP contribution in [0.25, 0.3) is 0 Å². The molecule has 2 rings (SSSR count). The lowest BCUT2D eigenvalue weighted by Crippen LogP contribution is -2.49. The maximum absolute atomic E-state index is 10.7. The number of piperazine rings is 1. The van der Waals surface area contributed by atoms with Gasteiger partial charge in [-0.1, -0.05) is 0 Å². The highest BCUT2D eigenvalue weighted by molar-refractivity contribution is 9.10. The van der Waals surface area contributed by atoms with Crippen LogP contribution in [0.3, 0.4) is 0 Å². The van der Waals surface area contributed by atoms with Crippen LogP contribution in [0.4, 0.5) is 11.4 Å². The highest BCUT2D eigenvalue weighted by atomic mass is 79.9. The van der Waals surface area contributed by atoms with E-state index in [1.165, 1.54) is 0 Å². The van der Waals surface area contributed by atoms with Crippen LogP contribution in [-0.4, -0.2) is 42.0 Å². The van der Waals surface area contributed by atoms with Crippen molar-refractivity contribution in [1.82, 2.24) is 4.90 Å². The van der Waals surface area contributed by atoms with E-state index in [4.69, 9.17) is 0 Å². The van der Waals surface area contributed by atoms with Crippen molar-refractivity contribution >= 4 is 27.3 Å². The van der Waals surface area contributed by atoms with Gasteiger partial charge in [-0.2, -0.15) is 0 Å². The zero-order valence-electron chi connectivity index (χ0n) is 11.2. The summed E-state index contributed by atoms with van der Waals surface area (Å²) in [6, 6.07) is 5.54. The van der Waals surface area contributed by atoms with Crippen molar-refractivity contribution in [1.29, 1.82) is 0 Å². The summed E-state index contributed by atoms with van der Waals surface area (Å²) in [6.45, 7) is 8.38. The predicted octanol–water partition coefficient (Wildman–Crippen LogP) is 2.89. The topological polar surface area (TPSA) is 49.6 Å². The molecule has 1 aromatic rings. The number of hydrogen-bond acceptors (Lipinski definition) is 4. The minimum atomic E-state index is -0.370. The predicted molar refractivity (Wildman–Crippen MR) is 79.7 cm³/mol. The SMILES string of the molecule is CC(C)N1CCN(c2ccc([N+](=O)[O-])cc2Br)CC1. The maximum Gasteiger partial charge on any atom is 0.270 e. The molecule has 5 nitrogen and oxygen atoms in total. The number of benzene rings is 1. The minimum absolute atomic E-state index is 0.122. The molecule has 0 amide bonds. The summed E-state index contributed by atoms with van der Waals surface area (Å²) in [5, 5.41) is 10.7. The third-order valence-corrected chi connectivity index (χ3v) is 4.16. The molecular weight excluding hydrogens is 310 g/mol. The molecule has 0 N–H and O–H groups in total. The van der Waals surface area contributed by atoms with Crippen LogP contribution in [0.15, 0.2) is 22.7 Å². The molecule has 1 aliphatic heterocycles. The molecule has 0 bridgehead atoms. The molecular formula is C13H18BrN3O2. The average Bonchev–Trinajstić information content (AvgIpc) is 2.38. The standard InChI is InChI=1S/C13H18BrN3O2/c1-10(2)15-5-7-16(8-6-15)13-4-3-11(17(18)19)9-12(13)14/h3-4,9-10H,5-8H2,1-2H3. The highest BCUT2D eigenvalue weighted by Gasteiger charge is 2.21. The quantitative estimate of drug-likeness (QED) is 0.632. The van der Waals surface area contributed by atoms with Crippen LogP contribution >= 0.6 is 15.9 Å². The fourth-order valence-corrected chi connectivity index (χ4v) is 2.96. The van der Waals surface area contributed by atoms with Crippen LogP contribution in [0.1, 0.15) is 13.8 Å². The Kier molecular flexibility index (Phi) is 4.42. The van der Waals surface area contributed by atoms with Gasteiger partial charge >= 0.3 is 0 Å². The number of hydrogen-bond donors (Lipinski definition) is 0. The van der Waals surface area contributed by atoms with E-state index < -0.39 is 0 Å². The van der Waals surface area contributed by atoms with Gasteiger partial charge in [-0.05, 0) is 35.8 Å². The lowest BCUT2D eigenvalue weighted by Gasteiger charge is -2.38. The first-order valence-electron chi connectivity index (χ1n) is 6.42. The summed E-state index contributed by atoms with van der Waals surface area (Å²) in [5.41, 5.74) is 1.16. The summed E-state index contributed by atoms with van der Waals surface area (Å²) in [5.74, 6) is 0. The Hall–Kier alpha value is -1.14. The van der Waals surface area contributed by atoms with Crippen molar-refractivity contribution in [2.75, 3.05) is 31.1 Å². The van der Waals surface area contributed by atoms with Crippen LogP contribution in [-0.2, 0) is 0 Å². The minimum Gasteiger partial charge on any atom is -0.368 e. The molecule has 1 aromatic carbocycles. The Morgan fingerprint density at radius 3 is 2.37 bits per heavy atom. The van der Waals surface area contributed by atoms with Gasteiger partial charge in [0.05, 0.1) is 10.6 Å². The van der Waals surface area contributed by atoms with E-state index in [0.29, 0.717) is 6.04 Å². The molecule has 0 aromatic heterocycles. The summed E-state index contributed by atoms with van der Waals surface area (Å²) >= 11 is 3.44. The zero-order chi connectivity index (χ0) is 14.0. The summed E-state index contributed by atoms with van der Waals surface area (Å²) in [7, 11) is 0. The Labute approximate surface area is 121 Å². The van der Waals surface area contributed by atoms with Gasteiger partial charge in [-0.3, -0.25) is 15.0 Å². The second-order valence-corrected chi connectivity index (χ2v) is 5.86. The Morgan fingerprint density at radius 2 is 1.89 bits per heavy atom. The Morgan fingerprint density at radius 1 is 1.26 bits per heavy atom. The number of nitro groups is 1. The summed E-state index contributed by atoms with van der Waals surface area (Å²) in [4.78, 5) is 15.1. The van der Waals surface area contributed by atoms with Crippen molar-refractivity contribution in [2.45, 2.75) is 19.9 Å². The van der Waals surface area contributed by atoms with Gasteiger partial charge in [0.1, 0.15) is 0 Å².